The number of nitro groups is 1. The summed E-state index contributed by atoms with van der Waals surface area (Å²) in [6.07, 6.45) is 6.11. The fourth-order valence-electron chi connectivity index (χ4n) is 2.40. The van der Waals surface area contributed by atoms with E-state index in [-0.39, 0.29) is 10.9 Å². The molecule has 1 aliphatic carbocycles. The number of carboxylic acids is 1. The van der Waals surface area contributed by atoms with Gasteiger partial charge in [-0.15, -0.1) is 0 Å². The Morgan fingerprint density at radius 3 is 2.74 bits per heavy atom. The molecule has 1 aliphatic rings. The SMILES string of the molecule is O=C(O)C(Nc1ncc([N+](=O)[O-])s1)C1CCCCC1. The van der Waals surface area contributed by atoms with Crippen LogP contribution in [-0.2, 0) is 4.79 Å². The van der Waals surface area contributed by atoms with Crippen LogP contribution in [-0.4, -0.2) is 27.0 Å². The molecule has 0 saturated heterocycles. The number of carbonyl (C=O) groups is 1. The number of nitrogens with one attached hydrogen (secondary N) is 1. The summed E-state index contributed by atoms with van der Waals surface area (Å²) in [6.45, 7) is 0. The van der Waals surface area contributed by atoms with E-state index in [0.29, 0.717) is 5.13 Å². The van der Waals surface area contributed by atoms with Crippen LogP contribution in [0, 0.1) is 16.0 Å². The molecule has 0 bridgehead atoms. The summed E-state index contributed by atoms with van der Waals surface area (Å²) in [7, 11) is 0. The van der Waals surface area contributed by atoms with Gasteiger partial charge in [0.2, 0.25) is 0 Å². The van der Waals surface area contributed by atoms with E-state index >= 15 is 0 Å². The highest BCUT2D eigenvalue weighted by atomic mass is 32.1. The van der Waals surface area contributed by atoms with Crippen molar-refractivity contribution in [2.45, 2.75) is 38.1 Å². The molecule has 1 fully saturated rings. The predicted molar refractivity (Wildman–Crippen MR) is 70.4 cm³/mol. The van der Waals surface area contributed by atoms with E-state index in [1.54, 1.807) is 0 Å². The molecule has 19 heavy (non-hydrogen) atoms. The van der Waals surface area contributed by atoms with Crippen molar-refractivity contribution in [1.29, 1.82) is 0 Å². The smallest absolute Gasteiger partial charge is 0.345 e. The van der Waals surface area contributed by atoms with Crippen molar-refractivity contribution in [3.63, 3.8) is 0 Å². The first-order valence-corrected chi connectivity index (χ1v) is 6.99. The van der Waals surface area contributed by atoms with Crippen molar-refractivity contribution in [2.75, 3.05) is 5.32 Å². The van der Waals surface area contributed by atoms with Crippen molar-refractivity contribution >= 4 is 27.4 Å². The Hall–Kier alpha value is -1.70. The molecule has 0 spiro atoms. The molecule has 1 atom stereocenters. The number of nitrogens with zero attached hydrogens (tertiary/aromatic N) is 2. The van der Waals surface area contributed by atoms with Crippen molar-refractivity contribution in [2.24, 2.45) is 5.92 Å². The lowest BCUT2D eigenvalue weighted by Crippen LogP contribution is -2.37. The maximum absolute atomic E-state index is 11.3. The highest BCUT2D eigenvalue weighted by Gasteiger charge is 2.30. The minimum absolute atomic E-state index is 0.0641. The molecule has 0 aromatic carbocycles. The number of aliphatic carboxylic acids is 1. The number of thiazole rings is 1. The number of hydrogen-bond donors (Lipinski definition) is 2. The van der Waals surface area contributed by atoms with Crippen molar-refractivity contribution in [3.05, 3.63) is 16.3 Å². The molecule has 1 saturated carbocycles. The minimum Gasteiger partial charge on any atom is -0.480 e. The molecular formula is C11H15N3O4S. The molecule has 7 nitrogen and oxygen atoms in total. The molecule has 1 aromatic rings. The summed E-state index contributed by atoms with van der Waals surface area (Å²) in [5, 5.41) is 22.9. The fraction of sp³-hybridized carbons (Fsp3) is 0.636. The van der Waals surface area contributed by atoms with E-state index in [9.17, 15) is 20.0 Å². The third-order valence-electron chi connectivity index (χ3n) is 3.34. The molecule has 0 aliphatic heterocycles. The van der Waals surface area contributed by atoms with Crippen LogP contribution in [0.15, 0.2) is 6.20 Å². The van der Waals surface area contributed by atoms with Gasteiger partial charge in [-0.2, -0.15) is 0 Å². The summed E-state index contributed by atoms with van der Waals surface area (Å²) in [4.78, 5) is 25.2. The van der Waals surface area contributed by atoms with Gasteiger partial charge in [-0.25, -0.2) is 9.78 Å². The average Bonchev–Trinajstić information content (AvgIpc) is 2.85. The van der Waals surface area contributed by atoms with E-state index in [4.69, 9.17) is 0 Å². The van der Waals surface area contributed by atoms with E-state index in [0.717, 1.165) is 49.6 Å². The zero-order valence-electron chi connectivity index (χ0n) is 10.2. The molecule has 2 N–H and O–H groups in total. The van der Waals surface area contributed by atoms with Gasteiger partial charge in [0.1, 0.15) is 12.2 Å². The van der Waals surface area contributed by atoms with E-state index in [2.05, 4.69) is 10.3 Å². The van der Waals surface area contributed by atoms with Gasteiger partial charge in [0.15, 0.2) is 5.13 Å². The number of hydrogen-bond acceptors (Lipinski definition) is 6. The Bertz CT molecular complexity index is 470. The normalized spacial score (nSPS) is 17.9. The Morgan fingerprint density at radius 1 is 1.53 bits per heavy atom. The molecule has 0 amide bonds. The van der Waals surface area contributed by atoms with Crippen molar-refractivity contribution in [1.82, 2.24) is 4.98 Å². The summed E-state index contributed by atoms with van der Waals surface area (Å²) in [5.41, 5.74) is 0. The number of carboxylic acid groups (broad SMARTS) is 1. The third-order valence-corrected chi connectivity index (χ3v) is 4.22. The van der Waals surface area contributed by atoms with Crippen molar-refractivity contribution in [3.8, 4) is 0 Å². The summed E-state index contributed by atoms with van der Waals surface area (Å²) in [6, 6.07) is -0.717. The molecule has 1 heterocycles. The molecule has 8 heteroatoms. The molecule has 1 unspecified atom stereocenters. The molecular weight excluding hydrogens is 270 g/mol. The van der Waals surface area contributed by atoms with E-state index in [1.165, 1.54) is 0 Å². The van der Waals surface area contributed by atoms with Crippen LogP contribution in [0.5, 0.6) is 0 Å². The number of anilines is 1. The molecule has 1 aromatic heterocycles. The van der Waals surface area contributed by atoms with Gasteiger partial charge in [0.05, 0.1) is 4.92 Å². The zero-order valence-corrected chi connectivity index (χ0v) is 11.1. The standard InChI is InChI=1S/C11H15N3O4S/c15-10(16)9(7-4-2-1-3-5-7)13-11-12-6-8(19-11)14(17)18/h6-7,9H,1-5H2,(H,12,13)(H,15,16). The Kier molecular flexibility index (Phi) is 4.31. The van der Waals surface area contributed by atoms with Crippen LogP contribution in [0.4, 0.5) is 10.1 Å². The van der Waals surface area contributed by atoms with Gasteiger partial charge >= 0.3 is 11.0 Å². The van der Waals surface area contributed by atoms with Crippen LogP contribution >= 0.6 is 11.3 Å². The summed E-state index contributed by atoms with van der Waals surface area (Å²) in [5.74, 6) is -0.862. The number of aromatic nitrogens is 1. The summed E-state index contributed by atoms with van der Waals surface area (Å²) < 4.78 is 0. The lowest BCUT2D eigenvalue weighted by atomic mass is 9.84. The van der Waals surface area contributed by atoms with Crippen LogP contribution in [0.2, 0.25) is 0 Å². The fourth-order valence-corrected chi connectivity index (χ4v) is 3.07. The Balaban J connectivity index is 2.06. The second-order valence-electron chi connectivity index (χ2n) is 4.62. The Labute approximate surface area is 113 Å². The van der Waals surface area contributed by atoms with E-state index in [1.807, 2.05) is 0 Å². The van der Waals surface area contributed by atoms with Gasteiger partial charge in [-0.3, -0.25) is 10.1 Å². The molecule has 0 radical (unpaired) electrons. The maximum Gasteiger partial charge on any atom is 0.345 e. The lowest BCUT2D eigenvalue weighted by molar-refractivity contribution is -0.380. The van der Waals surface area contributed by atoms with Crippen LogP contribution in [0.1, 0.15) is 32.1 Å². The van der Waals surface area contributed by atoms with Gasteiger partial charge < -0.3 is 10.4 Å². The average molecular weight is 285 g/mol. The van der Waals surface area contributed by atoms with Crippen LogP contribution in [0.25, 0.3) is 0 Å². The van der Waals surface area contributed by atoms with Gasteiger partial charge in [-0.05, 0) is 30.1 Å². The maximum atomic E-state index is 11.3. The van der Waals surface area contributed by atoms with Crippen LogP contribution < -0.4 is 5.32 Å². The topological polar surface area (TPSA) is 105 Å². The molecule has 2 rings (SSSR count). The Morgan fingerprint density at radius 2 is 2.21 bits per heavy atom. The van der Waals surface area contributed by atoms with Gasteiger partial charge in [-0.1, -0.05) is 19.3 Å². The highest BCUT2D eigenvalue weighted by molar-refractivity contribution is 7.18. The lowest BCUT2D eigenvalue weighted by Gasteiger charge is -2.27. The van der Waals surface area contributed by atoms with Gasteiger partial charge in [0.25, 0.3) is 0 Å². The highest BCUT2D eigenvalue weighted by Crippen LogP contribution is 2.31. The second-order valence-corrected chi connectivity index (χ2v) is 5.63. The van der Waals surface area contributed by atoms with Crippen molar-refractivity contribution < 1.29 is 14.8 Å². The molecule has 104 valence electrons. The predicted octanol–water partition coefficient (Wildman–Crippen LogP) is 2.50. The second kappa shape index (κ2) is 5.96. The monoisotopic (exact) mass is 285 g/mol. The quantitative estimate of drug-likeness (QED) is 0.636. The zero-order chi connectivity index (χ0) is 13.8. The minimum atomic E-state index is -0.926. The number of rotatable bonds is 5. The first-order chi connectivity index (χ1) is 9.08. The third kappa shape index (κ3) is 3.40. The largest absolute Gasteiger partial charge is 0.480 e. The summed E-state index contributed by atoms with van der Waals surface area (Å²) >= 11 is 0.866. The van der Waals surface area contributed by atoms with Crippen LogP contribution in [0.3, 0.4) is 0 Å². The first-order valence-electron chi connectivity index (χ1n) is 6.17. The van der Waals surface area contributed by atoms with E-state index < -0.39 is 16.9 Å². The van der Waals surface area contributed by atoms with Gasteiger partial charge in [0, 0.05) is 0 Å². The first kappa shape index (κ1) is 13.7.